The van der Waals surface area contributed by atoms with E-state index in [1.165, 1.54) is 18.2 Å². The van der Waals surface area contributed by atoms with Crippen molar-refractivity contribution in [2.75, 3.05) is 0 Å². The van der Waals surface area contributed by atoms with Gasteiger partial charge in [0.05, 0.1) is 5.02 Å². The Hall–Kier alpha value is -1.96. The number of aryl methyl sites for hydroxylation is 1. The van der Waals surface area contributed by atoms with Gasteiger partial charge in [-0.1, -0.05) is 35.4 Å². The minimum Gasteiger partial charge on any atom is -0.340 e. The maximum absolute atomic E-state index is 13.1. The van der Waals surface area contributed by atoms with Crippen molar-refractivity contribution in [2.24, 2.45) is 5.73 Å². The van der Waals surface area contributed by atoms with Gasteiger partial charge in [0.2, 0.25) is 0 Å². The smallest absolute Gasteiger partial charge is 0.340 e. The van der Waals surface area contributed by atoms with E-state index in [4.69, 9.17) is 17.3 Å². The molecule has 5 nitrogen and oxygen atoms in total. The van der Waals surface area contributed by atoms with Crippen LogP contribution in [0.1, 0.15) is 17.2 Å². The van der Waals surface area contributed by atoms with Crippen LogP contribution in [-0.2, 0) is 19.1 Å². The van der Waals surface area contributed by atoms with Crippen LogP contribution in [0, 0.1) is 12.7 Å². The Morgan fingerprint density at radius 1 is 1.22 bits per heavy atom. The minimum atomic E-state index is -4.28. The molecular formula is C15H13ClFNO4S. The Kier molecular flexibility index (Phi) is 5.03. The molecule has 0 radical (unpaired) electrons. The number of benzene rings is 2. The molecule has 0 aliphatic heterocycles. The maximum Gasteiger partial charge on any atom is 0.343 e. The first-order chi connectivity index (χ1) is 10.7. The molecule has 0 amide bonds. The Balaban J connectivity index is 2.20. The van der Waals surface area contributed by atoms with E-state index in [9.17, 15) is 17.6 Å². The second-order valence-corrected chi connectivity index (χ2v) is 6.77. The summed E-state index contributed by atoms with van der Waals surface area (Å²) >= 11 is 5.61. The number of rotatable bonds is 4. The van der Waals surface area contributed by atoms with E-state index < -0.39 is 27.9 Å². The summed E-state index contributed by atoms with van der Waals surface area (Å²) in [6.07, 6.45) is 0. The van der Waals surface area contributed by atoms with Crippen molar-refractivity contribution >= 4 is 27.7 Å². The molecule has 23 heavy (non-hydrogen) atoms. The van der Waals surface area contributed by atoms with E-state index in [2.05, 4.69) is 4.18 Å². The first-order valence-electron chi connectivity index (χ1n) is 6.46. The molecule has 0 bridgehead atoms. The fraction of sp³-hybridized carbons (Fsp3) is 0.133. The van der Waals surface area contributed by atoms with Crippen LogP contribution in [-0.4, -0.2) is 14.4 Å². The number of hydrogen-bond acceptors (Lipinski definition) is 5. The highest BCUT2D eigenvalue weighted by Gasteiger charge is 2.26. The van der Waals surface area contributed by atoms with Crippen molar-refractivity contribution in [3.05, 3.63) is 64.4 Å². The first-order valence-corrected chi connectivity index (χ1v) is 8.25. The molecule has 1 atom stereocenters. The molecule has 1 unspecified atom stereocenters. The van der Waals surface area contributed by atoms with E-state index in [0.717, 1.165) is 17.7 Å². The number of carbonyl (C=O) groups excluding carboxylic acids is 1. The van der Waals surface area contributed by atoms with Crippen LogP contribution in [0.2, 0.25) is 5.02 Å². The van der Waals surface area contributed by atoms with E-state index in [1.807, 2.05) is 0 Å². The molecule has 2 rings (SSSR count). The monoisotopic (exact) mass is 357 g/mol. The lowest BCUT2D eigenvalue weighted by molar-refractivity contribution is -0.135. The second-order valence-electron chi connectivity index (χ2n) is 4.82. The zero-order chi connectivity index (χ0) is 17.2. The molecule has 2 N–H and O–H groups in total. The van der Waals surface area contributed by atoms with Gasteiger partial charge in [0.25, 0.3) is 0 Å². The molecule has 0 fully saturated rings. The summed E-state index contributed by atoms with van der Waals surface area (Å²) in [5, 5.41) is -0.229. The Bertz CT molecular complexity index is 837. The summed E-state index contributed by atoms with van der Waals surface area (Å²) in [6.45, 7) is 1.79. The fourth-order valence-corrected chi connectivity index (χ4v) is 2.83. The van der Waals surface area contributed by atoms with Gasteiger partial charge in [-0.3, -0.25) is 0 Å². The highest BCUT2D eigenvalue weighted by molar-refractivity contribution is 7.87. The molecule has 2 aromatic rings. The molecule has 0 saturated heterocycles. The normalized spacial score (nSPS) is 12.7. The van der Waals surface area contributed by atoms with E-state index in [1.54, 1.807) is 19.1 Å². The van der Waals surface area contributed by atoms with Gasteiger partial charge in [-0.15, -0.1) is 0 Å². The number of nitrogens with two attached hydrogens (primary N) is 1. The predicted molar refractivity (Wildman–Crippen MR) is 82.8 cm³/mol. The van der Waals surface area contributed by atoms with Crippen molar-refractivity contribution in [3.8, 4) is 0 Å². The highest BCUT2D eigenvalue weighted by Crippen LogP contribution is 2.22. The summed E-state index contributed by atoms with van der Waals surface area (Å²) in [4.78, 5) is 11.8. The highest BCUT2D eigenvalue weighted by atomic mass is 35.5. The summed E-state index contributed by atoms with van der Waals surface area (Å²) in [6, 6.07) is 7.76. The Labute approximate surface area is 138 Å². The van der Waals surface area contributed by atoms with Gasteiger partial charge >= 0.3 is 16.1 Å². The molecular weight excluding hydrogens is 345 g/mol. The third-order valence-electron chi connectivity index (χ3n) is 3.06. The second kappa shape index (κ2) is 6.66. The molecule has 122 valence electrons. The zero-order valence-corrected chi connectivity index (χ0v) is 13.6. The SMILES string of the molecule is Cc1ccc(S(=O)(=O)OC(=O)C(N)c2ccc(F)c(Cl)c2)cc1. The predicted octanol–water partition coefficient (Wildman–Crippen LogP) is 2.72. The van der Waals surface area contributed by atoms with Gasteiger partial charge in [0, 0.05) is 0 Å². The molecule has 0 aliphatic rings. The van der Waals surface area contributed by atoms with Crippen LogP contribution >= 0.6 is 11.6 Å². The van der Waals surface area contributed by atoms with Gasteiger partial charge in [0.1, 0.15) is 16.8 Å². The van der Waals surface area contributed by atoms with Gasteiger partial charge in [-0.2, -0.15) is 8.42 Å². The van der Waals surface area contributed by atoms with E-state index in [0.29, 0.717) is 0 Å². The molecule has 0 heterocycles. The third kappa shape index (κ3) is 4.07. The summed E-state index contributed by atoms with van der Waals surface area (Å²) in [5.74, 6) is -1.86. The number of hydrogen-bond donors (Lipinski definition) is 1. The van der Waals surface area contributed by atoms with E-state index >= 15 is 0 Å². The number of halogens is 2. The topological polar surface area (TPSA) is 86.5 Å². The lowest BCUT2D eigenvalue weighted by Gasteiger charge is -2.12. The van der Waals surface area contributed by atoms with Crippen molar-refractivity contribution in [2.45, 2.75) is 17.9 Å². The van der Waals surface area contributed by atoms with Gasteiger partial charge in [0.15, 0.2) is 0 Å². The van der Waals surface area contributed by atoms with E-state index in [-0.39, 0.29) is 15.5 Å². The van der Waals surface area contributed by atoms with Crippen LogP contribution in [0.4, 0.5) is 4.39 Å². The van der Waals surface area contributed by atoms with Crippen molar-refractivity contribution in [1.29, 1.82) is 0 Å². The summed E-state index contributed by atoms with van der Waals surface area (Å²) in [5.41, 5.74) is 6.64. The van der Waals surface area contributed by atoms with Crippen LogP contribution in [0.3, 0.4) is 0 Å². The van der Waals surface area contributed by atoms with Crippen LogP contribution < -0.4 is 5.73 Å². The average Bonchev–Trinajstić information content (AvgIpc) is 2.49. The fourth-order valence-electron chi connectivity index (χ4n) is 1.75. The molecule has 0 saturated carbocycles. The van der Waals surface area contributed by atoms with Gasteiger partial charge in [-0.05, 0) is 36.8 Å². The van der Waals surface area contributed by atoms with Crippen molar-refractivity contribution < 1.29 is 21.8 Å². The quantitative estimate of drug-likeness (QED) is 0.850. The first kappa shape index (κ1) is 17.4. The minimum absolute atomic E-state index is 0.139. The Morgan fingerprint density at radius 2 is 1.83 bits per heavy atom. The molecule has 0 aromatic heterocycles. The van der Waals surface area contributed by atoms with Gasteiger partial charge < -0.3 is 9.92 Å². The summed E-state index contributed by atoms with van der Waals surface area (Å²) < 4.78 is 41.7. The third-order valence-corrected chi connectivity index (χ3v) is 4.58. The maximum atomic E-state index is 13.1. The molecule has 0 aliphatic carbocycles. The molecule has 8 heteroatoms. The zero-order valence-electron chi connectivity index (χ0n) is 12.0. The summed E-state index contributed by atoms with van der Waals surface area (Å²) in [7, 11) is -4.28. The van der Waals surface area contributed by atoms with Crippen LogP contribution in [0.25, 0.3) is 0 Å². The average molecular weight is 358 g/mol. The van der Waals surface area contributed by atoms with Gasteiger partial charge in [-0.25, -0.2) is 9.18 Å². The van der Waals surface area contributed by atoms with Crippen LogP contribution in [0.15, 0.2) is 47.4 Å². The molecule has 0 spiro atoms. The standard InChI is InChI=1S/C15H13ClFNO4S/c1-9-2-5-11(6-3-9)23(20,21)22-15(19)14(18)10-4-7-13(17)12(16)8-10/h2-8,14H,18H2,1H3. The van der Waals surface area contributed by atoms with Crippen molar-refractivity contribution in [3.63, 3.8) is 0 Å². The van der Waals surface area contributed by atoms with Crippen molar-refractivity contribution in [1.82, 2.24) is 0 Å². The number of carbonyl (C=O) groups is 1. The largest absolute Gasteiger partial charge is 0.343 e. The van der Waals surface area contributed by atoms with Crippen LogP contribution in [0.5, 0.6) is 0 Å². The lowest BCUT2D eigenvalue weighted by atomic mass is 10.1. The molecule has 2 aromatic carbocycles. The Morgan fingerprint density at radius 3 is 2.39 bits per heavy atom. The lowest BCUT2D eigenvalue weighted by Crippen LogP contribution is -2.26.